The lowest BCUT2D eigenvalue weighted by molar-refractivity contribution is 0.307. The molecule has 100 valence electrons. The Morgan fingerprint density at radius 3 is 3.00 bits per heavy atom. The number of hydrogen-bond acceptors (Lipinski definition) is 2. The van der Waals surface area contributed by atoms with Crippen LogP contribution < -0.4 is 4.74 Å². The van der Waals surface area contributed by atoms with Gasteiger partial charge in [0.15, 0.2) is 0 Å². The first kappa shape index (κ1) is 13.7. The number of likely N-dealkylation sites (tertiary alicyclic amines) is 1. The zero-order chi connectivity index (χ0) is 13.0. The van der Waals surface area contributed by atoms with Crippen LogP contribution in [0.4, 0.5) is 0 Å². The lowest BCUT2D eigenvalue weighted by Gasteiger charge is -2.18. The molecule has 1 fully saturated rings. The predicted octanol–water partition coefficient (Wildman–Crippen LogP) is 3.45. The molecule has 0 spiro atoms. The third-order valence-corrected chi connectivity index (χ3v) is 3.94. The van der Waals surface area contributed by atoms with Crippen LogP contribution in [0.25, 0.3) is 0 Å². The van der Waals surface area contributed by atoms with E-state index < -0.39 is 0 Å². The normalized spacial score (nSPS) is 20.3. The molecule has 0 aliphatic carbocycles. The minimum Gasteiger partial charge on any atom is -0.496 e. The van der Waals surface area contributed by atoms with E-state index in [9.17, 15) is 0 Å². The number of methoxy groups -OCH3 is 1. The summed E-state index contributed by atoms with van der Waals surface area (Å²) in [6.07, 6.45) is 2.42. The Labute approximate surface area is 115 Å². The molecule has 18 heavy (non-hydrogen) atoms. The van der Waals surface area contributed by atoms with Crippen molar-refractivity contribution in [2.75, 3.05) is 26.1 Å². The van der Waals surface area contributed by atoms with E-state index in [-0.39, 0.29) is 0 Å². The summed E-state index contributed by atoms with van der Waals surface area (Å²) in [5, 5.41) is 0. The van der Waals surface area contributed by atoms with Gasteiger partial charge < -0.3 is 4.74 Å². The summed E-state index contributed by atoms with van der Waals surface area (Å²) >= 11 is 5.82. The first-order valence-electron chi connectivity index (χ1n) is 6.64. The minimum atomic E-state index is 0.776. The summed E-state index contributed by atoms with van der Waals surface area (Å²) in [5.41, 5.74) is 2.59. The fraction of sp³-hybridized carbons (Fsp3) is 0.600. The molecule has 0 N–H and O–H groups in total. The van der Waals surface area contributed by atoms with Crippen molar-refractivity contribution in [1.82, 2.24) is 4.90 Å². The molecule has 1 unspecified atom stereocenters. The number of hydrogen-bond donors (Lipinski definition) is 0. The van der Waals surface area contributed by atoms with E-state index in [0.717, 1.165) is 30.5 Å². The van der Waals surface area contributed by atoms with Crippen LogP contribution in [0.3, 0.4) is 0 Å². The van der Waals surface area contributed by atoms with Crippen molar-refractivity contribution in [3.05, 3.63) is 29.3 Å². The van der Waals surface area contributed by atoms with Crippen molar-refractivity contribution in [2.24, 2.45) is 5.92 Å². The third kappa shape index (κ3) is 3.39. The predicted molar refractivity (Wildman–Crippen MR) is 76.5 cm³/mol. The van der Waals surface area contributed by atoms with Crippen LogP contribution in [0.1, 0.15) is 24.0 Å². The minimum absolute atomic E-state index is 0.776. The van der Waals surface area contributed by atoms with Gasteiger partial charge in [0.05, 0.1) is 7.11 Å². The summed E-state index contributed by atoms with van der Waals surface area (Å²) in [6.45, 7) is 5.47. The van der Waals surface area contributed by atoms with Gasteiger partial charge in [-0.1, -0.05) is 17.7 Å². The summed E-state index contributed by atoms with van der Waals surface area (Å²) in [6, 6.07) is 6.40. The fourth-order valence-corrected chi connectivity index (χ4v) is 3.03. The Bertz CT molecular complexity index is 394. The molecule has 0 amide bonds. The highest BCUT2D eigenvalue weighted by Gasteiger charge is 2.22. The molecule has 0 bridgehead atoms. The second-order valence-corrected chi connectivity index (χ2v) is 5.56. The Morgan fingerprint density at radius 2 is 2.28 bits per heavy atom. The van der Waals surface area contributed by atoms with Crippen molar-refractivity contribution in [3.8, 4) is 5.75 Å². The maximum atomic E-state index is 5.82. The fourth-order valence-electron chi connectivity index (χ4n) is 2.72. The lowest BCUT2D eigenvalue weighted by atomic mass is 10.1. The molecule has 2 rings (SSSR count). The Balaban J connectivity index is 1.99. The zero-order valence-corrected chi connectivity index (χ0v) is 12.0. The Morgan fingerprint density at radius 1 is 1.44 bits per heavy atom. The SMILES string of the molecule is COc1ccc(C)cc1CN1CCC(CCCl)C1. The van der Waals surface area contributed by atoms with Crippen molar-refractivity contribution in [3.63, 3.8) is 0 Å². The van der Waals surface area contributed by atoms with Crippen LogP contribution in [-0.2, 0) is 6.54 Å². The van der Waals surface area contributed by atoms with Crippen molar-refractivity contribution < 1.29 is 4.74 Å². The zero-order valence-electron chi connectivity index (χ0n) is 11.3. The quantitative estimate of drug-likeness (QED) is 0.758. The molecule has 1 aliphatic rings. The van der Waals surface area contributed by atoms with Gasteiger partial charge >= 0.3 is 0 Å². The van der Waals surface area contributed by atoms with Gasteiger partial charge in [0.1, 0.15) is 5.75 Å². The number of alkyl halides is 1. The molecule has 1 saturated heterocycles. The number of nitrogens with zero attached hydrogens (tertiary/aromatic N) is 1. The topological polar surface area (TPSA) is 12.5 Å². The molecule has 0 radical (unpaired) electrons. The summed E-state index contributed by atoms with van der Waals surface area (Å²) < 4.78 is 5.44. The Hall–Kier alpha value is -0.730. The second kappa shape index (κ2) is 6.44. The van der Waals surface area contributed by atoms with Gasteiger partial charge in [-0.3, -0.25) is 4.90 Å². The number of benzene rings is 1. The van der Waals surface area contributed by atoms with Crippen molar-refractivity contribution in [1.29, 1.82) is 0 Å². The van der Waals surface area contributed by atoms with E-state index in [1.165, 1.54) is 30.6 Å². The highest BCUT2D eigenvalue weighted by atomic mass is 35.5. The average Bonchev–Trinajstić information content (AvgIpc) is 2.77. The van der Waals surface area contributed by atoms with Crippen LogP contribution in [0.2, 0.25) is 0 Å². The van der Waals surface area contributed by atoms with E-state index >= 15 is 0 Å². The third-order valence-electron chi connectivity index (χ3n) is 3.72. The number of halogens is 1. The Kier molecular flexibility index (Phi) is 4.90. The van der Waals surface area contributed by atoms with Crippen LogP contribution >= 0.6 is 11.6 Å². The maximum absolute atomic E-state index is 5.82. The van der Waals surface area contributed by atoms with E-state index in [4.69, 9.17) is 16.3 Å². The molecule has 0 saturated carbocycles. The summed E-state index contributed by atoms with van der Waals surface area (Å²) in [5.74, 6) is 2.56. The average molecular weight is 268 g/mol. The van der Waals surface area contributed by atoms with Crippen LogP contribution in [0.5, 0.6) is 5.75 Å². The van der Waals surface area contributed by atoms with Crippen molar-refractivity contribution >= 4 is 11.6 Å². The molecule has 3 heteroatoms. The van der Waals surface area contributed by atoms with Gasteiger partial charge in [-0.05, 0) is 38.3 Å². The highest BCUT2D eigenvalue weighted by Crippen LogP contribution is 2.26. The van der Waals surface area contributed by atoms with E-state index in [1.54, 1.807) is 7.11 Å². The maximum Gasteiger partial charge on any atom is 0.123 e. The molecule has 1 atom stereocenters. The summed E-state index contributed by atoms with van der Waals surface area (Å²) in [4.78, 5) is 2.51. The molecule has 1 aromatic rings. The molecular formula is C15H22ClNO. The van der Waals surface area contributed by atoms with Gasteiger partial charge in [-0.25, -0.2) is 0 Å². The van der Waals surface area contributed by atoms with Crippen molar-refractivity contribution in [2.45, 2.75) is 26.3 Å². The second-order valence-electron chi connectivity index (χ2n) is 5.18. The van der Waals surface area contributed by atoms with Gasteiger partial charge in [-0.2, -0.15) is 0 Å². The molecule has 0 aromatic heterocycles. The number of rotatable bonds is 5. The van der Waals surface area contributed by atoms with E-state index in [0.29, 0.717) is 0 Å². The number of ether oxygens (including phenoxy) is 1. The molecular weight excluding hydrogens is 246 g/mol. The first-order valence-corrected chi connectivity index (χ1v) is 7.18. The van der Waals surface area contributed by atoms with E-state index in [1.807, 2.05) is 0 Å². The van der Waals surface area contributed by atoms with Gasteiger partial charge in [0.2, 0.25) is 0 Å². The van der Waals surface area contributed by atoms with Crippen LogP contribution in [-0.4, -0.2) is 31.0 Å². The largest absolute Gasteiger partial charge is 0.496 e. The monoisotopic (exact) mass is 267 g/mol. The van der Waals surface area contributed by atoms with Gasteiger partial charge in [0.25, 0.3) is 0 Å². The van der Waals surface area contributed by atoms with Crippen LogP contribution in [0.15, 0.2) is 18.2 Å². The standard InChI is InChI=1S/C15H22ClNO/c1-12-3-4-15(18-2)14(9-12)11-17-8-6-13(10-17)5-7-16/h3-4,9,13H,5-8,10-11H2,1-2H3. The van der Waals surface area contributed by atoms with E-state index in [2.05, 4.69) is 30.0 Å². The van der Waals surface area contributed by atoms with Crippen LogP contribution in [0, 0.1) is 12.8 Å². The molecule has 1 aromatic carbocycles. The molecule has 1 heterocycles. The first-order chi connectivity index (χ1) is 8.72. The van der Waals surface area contributed by atoms with Gasteiger partial charge in [-0.15, -0.1) is 11.6 Å². The lowest BCUT2D eigenvalue weighted by Crippen LogP contribution is -2.20. The highest BCUT2D eigenvalue weighted by molar-refractivity contribution is 6.17. The number of aryl methyl sites for hydroxylation is 1. The molecule has 1 aliphatic heterocycles. The smallest absolute Gasteiger partial charge is 0.123 e. The molecule has 2 nitrogen and oxygen atoms in total. The van der Waals surface area contributed by atoms with Gasteiger partial charge in [0, 0.05) is 24.5 Å². The summed E-state index contributed by atoms with van der Waals surface area (Å²) in [7, 11) is 1.74.